The number of hydrogen-bond donors (Lipinski definition) is 1. The van der Waals surface area contributed by atoms with Crippen LogP contribution in [0.15, 0.2) is 22.9 Å². The Morgan fingerprint density at radius 3 is 3.11 bits per heavy atom. The van der Waals surface area contributed by atoms with Crippen molar-refractivity contribution in [3.63, 3.8) is 0 Å². The second-order valence-corrected chi connectivity index (χ2v) is 7.37. The molecule has 0 fully saturated rings. The van der Waals surface area contributed by atoms with Crippen LogP contribution in [0.2, 0.25) is 4.34 Å². The highest BCUT2D eigenvalue weighted by molar-refractivity contribution is 9.10. The van der Waals surface area contributed by atoms with Crippen LogP contribution in [0, 0.1) is 6.92 Å². The Labute approximate surface area is 130 Å². The van der Waals surface area contributed by atoms with E-state index in [9.17, 15) is 0 Å². The number of hydrogen-bond acceptors (Lipinski definition) is 3. The van der Waals surface area contributed by atoms with Gasteiger partial charge in [-0.05, 0) is 65.4 Å². The molecule has 1 unspecified atom stereocenters. The monoisotopic (exact) mass is 356 g/mol. The smallest absolute Gasteiger partial charge is 0.109 e. The number of halogens is 2. The van der Waals surface area contributed by atoms with Crippen molar-refractivity contribution in [3.8, 4) is 0 Å². The molecule has 0 aromatic carbocycles. The van der Waals surface area contributed by atoms with Crippen LogP contribution in [0.5, 0.6) is 0 Å². The van der Waals surface area contributed by atoms with Crippen LogP contribution in [0.3, 0.4) is 0 Å². The summed E-state index contributed by atoms with van der Waals surface area (Å²) in [5, 5.41) is 3.58. The molecule has 2 nitrogen and oxygen atoms in total. The fourth-order valence-corrected chi connectivity index (χ4v) is 4.11. The minimum atomic E-state index is 0.356. The maximum absolute atomic E-state index is 6.14. The van der Waals surface area contributed by atoms with Gasteiger partial charge in [0, 0.05) is 4.88 Å². The molecule has 0 bridgehead atoms. The van der Waals surface area contributed by atoms with Crippen LogP contribution in [-0.4, -0.2) is 4.98 Å². The van der Waals surface area contributed by atoms with Gasteiger partial charge in [-0.1, -0.05) is 11.6 Å². The zero-order valence-corrected chi connectivity index (χ0v) is 13.7. The predicted octanol–water partition coefficient (Wildman–Crippen LogP) is 5.36. The van der Waals surface area contributed by atoms with Crippen LogP contribution in [0.25, 0.3) is 0 Å². The van der Waals surface area contributed by atoms with Crippen molar-refractivity contribution in [1.82, 2.24) is 4.98 Å². The summed E-state index contributed by atoms with van der Waals surface area (Å²) in [6.45, 7) is 2.05. The van der Waals surface area contributed by atoms with Gasteiger partial charge in [0.15, 0.2) is 0 Å². The molecule has 19 heavy (non-hydrogen) atoms. The van der Waals surface area contributed by atoms with Crippen LogP contribution < -0.4 is 5.32 Å². The lowest BCUT2D eigenvalue weighted by atomic mass is 9.94. The molecule has 1 aliphatic rings. The second kappa shape index (κ2) is 5.43. The number of aromatic nitrogens is 1. The van der Waals surface area contributed by atoms with E-state index in [0.29, 0.717) is 6.04 Å². The molecular weight excluding hydrogens is 344 g/mol. The fraction of sp³-hybridized carbons (Fsp3) is 0.357. The molecule has 5 heteroatoms. The number of pyridine rings is 1. The summed E-state index contributed by atoms with van der Waals surface area (Å²) in [5.41, 5.74) is 3.58. The molecule has 0 spiro atoms. The maximum atomic E-state index is 6.14. The van der Waals surface area contributed by atoms with Gasteiger partial charge >= 0.3 is 0 Å². The Morgan fingerprint density at radius 1 is 1.47 bits per heavy atom. The van der Waals surface area contributed by atoms with Gasteiger partial charge in [-0.2, -0.15) is 0 Å². The third kappa shape index (κ3) is 2.81. The molecule has 0 aliphatic heterocycles. The molecule has 1 atom stereocenters. The van der Waals surface area contributed by atoms with Crippen LogP contribution >= 0.6 is 38.9 Å². The van der Waals surface area contributed by atoms with Gasteiger partial charge in [0.25, 0.3) is 0 Å². The summed E-state index contributed by atoms with van der Waals surface area (Å²) in [4.78, 5) is 5.76. The molecule has 1 N–H and O–H groups in total. The van der Waals surface area contributed by atoms with Crippen LogP contribution in [0.1, 0.15) is 34.9 Å². The average Bonchev–Trinajstić information content (AvgIpc) is 2.75. The van der Waals surface area contributed by atoms with E-state index in [4.69, 9.17) is 11.6 Å². The Bertz CT molecular complexity index is 611. The molecule has 0 radical (unpaired) electrons. The van der Waals surface area contributed by atoms with E-state index < -0.39 is 0 Å². The van der Waals surface area contributed by atoms with Gasteiger partial charge in [0.05, 0.1) is 22.3 Å². The number of anilines is 1. The first-order valence-corrected chi connectivity index (χ1v) is 8.29. The highest BCUT2D eigenvalue weighted by atomic mass is 79.9. The van der Waals surface area contributed by atoms with E-state index in [1.807, 2.05) is 6.20 Å². The highest BCUT2D eigenvalue weighted by Gasteiger charge is 2.22. The van der Waals surface area contributed by atoms with Crippen molar-refractivity contribution in [2.24, 2.45) is 0 Å². The van der Waals surface area contributed by atoms with Crippen molar-refractivity contribution in [3.05, 3.63) is 43.3 Å². The van der Waals surface area contributed by atoms with E-state index in [1.54, 1.807) is 11.3 Å². The molecule has 0 saturated heterocycles. The van der Waals surface area contributed by atoms with Gasteiger partial charge < -0.3 is 5.32 Å². The summed E-state index contributed by atoms with van der Waals surface area (Å²) < 4.78 is 1.80. The highest BCUT2D eigenvalue weighted by Crippen LogP contribution is 2.39. The summed E-state index contributed by atoms with van der Waals surface area (Å²) in [6.07, 6.45) is 5.39. The van der Waals surface area contributed by atoms with E-state index in [0.717, 1.165) is 33.0 Å². The SMILES string of the molecule is Cc1cc(NC2CCCc3sc(Cl)cc32)cnc1Br. The minimum Gasteiger partial charge on any atom is -0.377 e. The third-order valence-corrected chi connectivity index (χ3v) is 5.61. The van der Waals surface area contributed by atoms with Crippen LogP contribution in [0.4, 0.5) is 5.69 Å². The Hall–Kier alpha value is -0.580. The third-order valence-electron chi connectivity index (χ3n) is 3.44. The lowest BCUT2D eigenvalue weighted by molar-refractivity contribution is 0.608. The number of aryl methyl sites for hydroxylation is 2. The Morgan fingerprint density at radius 2 is 2.32 bits per heavy atom. The van der Waals surface area contributed by atoms with Gasteiger partial charge in [0.1, 0.15) is 4.60 Å². The molecule has 3 rings (SSSR count). The topological polar surface area (TPSA) is 24.9 Å². The number of rotatable bonds is 2. The van der Waals surface area contributed by atoms with E-state index in [2.05, 4.69) is 45.3 Å². The standard InChI is InChI=1S/C14H14BrClN2S/c1-8-5-9(7-17-14(8)15)18-11-3-2-4-12-10(11)6-13(16)19-12/h5-7,11,18H,2-4H2,1H3. The number of nitrogens with one attached hydrogen (secondary N) is 1. The maximum Gasteiger partial charge on any atom is 0.109 e. The lowest BCUT2D eigenvalue weighted by Gasteiger charge is -2.24. The van der Waals surface area contributed by atoms with Crippen molar-refractivity contribution < 1.29 is 0 Å². The summed E-state index contributed by atoms with van der Waals surface area (Å²) in [5.74, 6) is 0. The quantitative estimate of drug-likeness (QED) is 0.732. The molecular formula is C14H14BrClN2S. The Kier molecular flexibility index (Phi) is 3.83. The molecule has 2 aromatic heterocycles. The lowest BCUT2D eigenvalue weighted by Crippen LogP contribution is -2.15. The van der Waals surface area contributed by atoms with Gasteiger partial charge in [-0.3, -0.25) is 0 Å². The first-order chi connectivity index (χ1) is 9.13. The van der Waals surface area contributed by atoms with Crippen molar-refractivity contribution in [2.45, 2.75) is 32.2 Å². The first-order valence-electron chi connectivity index (χ1n) is 6.30. The zero-order chi connectivity index (χ0) is 13.4. The largest absolute Gasteiger partial charge is 0.377 e. The van der Waals surface area contributed by atoms with E-state index in [-0.39, 0.29) is 0 Å². The fourth-order valence-electron chi connectivity index (χ4n) is 2.51. The molecule has 0 amide bonds. The van der Waals surface area contributed by atoms with Crippen molar-refractivity contribution >= 4 is 44.6 Å². The molecule has 1 aliphatic carbocycles. The number of fused-ring (bicyclic) bond motifs is 1. The molecule has 100 valence electrons. The predicted molar refractivity (Wildman–Crippen MR) is 85.3 cm³/mol. The van der Waals surface area contributed by atoms with Crippen molar-refractivity contribution in [2.75, 3.05) is 5.32 Å². The summed E-state index contributed by atoms with van der Waals surface area (Å²) >= 11 is 11.3. The minimum absolute atomic E-state index is 0.356. The molecule has 2 aromatic rings. The van der Waals surface area contributed by atoms with Crippen LogP contribution in [-0.2, 0) is 6.42 Å². The zero-order valence-electron chi connectivity index (χ0n) is 10.5. The van der Waals surface area contributed by atoms with Gasteiger partial charge in [0.2, 0.25) is 0 Å². The second-order valence-electron chi connectivity index (χ2n) is 4.85. The molecule has 0 saturated carbocycles. The number of nitrogens with zero attached hydrogens (tertiary/aromatic N) is 1. The average molecular weight is 358 g/mol. The number of thiophene rings is 1. The molecule has 2 heterocycles. The van der Waals surface area contributed by atoms with E-state index >= 15 is 0 Å². The van der Waals surface area contributed by atoms with Crippen molar-refractivity contribution in [1.29, 1.82) is 0 Å². The normalized spacial score (nSPS) is 18.2. The van der Waals surface area contributed by atoms with Gasteiger partial charge in [-0.15, -0.1) is 11.3 Å². The first kappa shape index (κ1) is 13.4. The summed E-state index contributed by atoms with van der Waals surface area (Å²) in [6, 6.07) is 4.59. The summed E-state index contributed by atoms with van der Waals surface area (Å²) in [7, 11) is 0. The Balaban J connectivity index is 1.86. The van der Waals surface area contributed by atoms with Gasteiger partial charge in [-0.25, -0.2) is 4.98 Å². The van der Waals surface area contributed by atoms with E-state index in [1.165, 1.54) is 16.9 Å².